The predicted octanol–water partition coefficient (Wildman–Crippen LogP) is 4.60. The van der Waals surface area contributed by atoms with Crippen LogP contribution < -0.4 is 5.32 Å². The van der Waals surface area contributed by atoms with Gasteiger partial charge in [-0.3, -0.25) is 0 Å². The van der Waals surface area contributed by atoms with E-state index in [1.54, 1.807) is 11.3 Å². The minimum absolute atomic E-state index is 0.512. The van der Waals surface area contributed by atoms with Gasteiger partial charge in [-0.15, -0.1) is 11.3 Å². The van der Waals surface area contributed by atoms with Crippen molar-refractivity contribution in [3.05, 3.63) is 20.8 Å². The quantitative estimate of drug-likeness (QED) is 0.807. The number of rotatable bonds is 6. The lowest BCUT2D eigenvalue weighted by Gasteiger charge is -2.20. The van der Waals surface area contributed by atoms with E-state index in [0.717, 1.165) is 5.92 Å². The molecule has 1 unspecified atom stereocenters. The molecule has 1 nitrogen and oxygen atoms in total. The maximum absolute atomic E-state index is 3.52. The van der Waals surface area contributed by atoms with Gasteiger partial charge in [0.25, 0.3) is 0 Å². The molecule has 86 valence electrons. The molecule has 1 rings (SSSR count). The molecule has 0 saturated heterocycles. The summed E-state index contributed by atoms with van der Waals surface area (Å²) in [6, 6.07) is 2.74. The smallest absolute Gasteiger partial charge is 0.0701 e. The molecule has 0 aliphatic carbocycles. The van der Waals surface area contributed by atoms with E-state index in [-0.39, 0.29) is 0 Å². The van der Waals surface area contributed by atoms with Crippen molar-refractivity contribution < 1.29 is 0 Å². The molecule has 0 radical (unpaired) electrons. The van der Waals surface area contributed by atoms with Crippen LogP contribution in [0.2, 0.25) is 0 Å². The summed E-state index contributed by atoms with van der Waals surface area (Å²) in [5.41, 5.74) is 1.42. The van der Waals surface area contributed by atoms with E-state index in [2.05, 4.69) is 53.6 Å². The first kappa shape index (κ1) is 13.2. The van der Waals surface area contributed by atoms with Gasteiger partial charge >= 0.3 is 0 Å². The van der Waals surface area contributed by atoms with Crippen molar-refractivity contribution >= 4 is 27.3 Å². The Morgan fingerprint density at radius 1 is 1.40 bits per heavy atom. The van der Waals surface area contributed by atoms with E-state index in [0.29, 0.717) is 6.04 Å². The molecule has 1 aromatic rings. The van der Waals surface area contributed by atoms with Crippen LogP contribution in [-0.4, -0.2) is 7.05 Å². The van der Waals surface area contributed by atoms with E-state index >= 15 is 0 Å². The van der Waals surface area contributed by atoms with Crippen molar-refractivity contribution in [2.75, 3.05) is 7.05 Å². The van der Waals surface area contributed by atoms with Gasteiger partial charge in [0, 0.05) is 6.04 Å². The first-order chi connectivity index (χ1) is 7.21. The Kier molecular flexibility index (Phi) is 5.87. The summed E-state index contributed by atoms with van der Waals surface area (Å²) in [4.78, 5) is 0. The fourth-order valence-electron chi connectivity index (χ4n) is 1.88. The van der Waals surface area contributed by atoms with Gasteiger partial charge in [-0.2, -0.15) is 0 Å². The summed E-state index contributed by atoms with van der Waals surface area (Å²) in [6.45, 7) is 4.56. The van der Waals surface area contributed by atoms with Crippen LogP contribution in [0.25, 0.3) is 0 Å². The second-order valence-electron chi connectivity index (χ2n) is 3.94. The van der Waals surface area contributed by atoms with Crippen LogP contribution in [-0.2, 0) is 0 Å². The Labute approximate surface area is 105 Å². The lowest BCUT2D eigenvalue weighted by molar-refractivity contribution is 0.386. The lowest BCUT2D eigenvalue weighted by atomic mass is 9.92. The molecule has 15 heavy (non-hydrogen) atoms. The minimum Gasteiger partial charge on any atom is -0.313 e. The number of thiophene rings is 1. The number of halogens is 1. The normalized spacial score (nSPS) is 13.4. The van der Waals surface area contributed by atoms with Crippen LogP contribution in [0.15, 0.2) is 15.2 Å². The van der Waals surface area contributed by atoms with Gasteiger partial charge in [0.05, 0.1) is 3.79 Å². The summed E-state index contributed by atoms with van der Waals surface area (Å²) in [7, 11) is 2.05. The number of nitrogens with one attached hydrogen (secondary N) is 1. The van der Waals surface area contributed by atoms with Crippen molar-refractivity contribution in [1.29, 1.82) is 0 Å². The SMILES string of the molecule is CCC(CC)CC(NC)c1csc(Br)c1. The van der Waals surface area contributed by atoms with E-state index in [1.165, 1.54) is 28.6 Å². The van der Waals surface area contributed by atoms with Crippen molar-refractivity contribution in [1.82, 2.24) is 5.32 Å². The van der Waals surface area contributed by atoms with Gasteiger partial charge in [0.1, 0.15) is 0 Å². The molecule has 1 heterocycles. The molecule has 1 N–H and O–H groups in total. The van der Waals surface area contributed by atoms with E-state index in [1.807, 2.05) is 0 Å². The van der Waals surface area contributed by atoms with Gasteiger partial charge < -0.3 is 5.32 Å². The van der Waals surface area contributed by atoms with Gasteiger partial charge in [-0.1, -0.05) is 26.7 Å². The average molecular weight is 290 g/mol. The summed E-state index contributed by atoms with van der Waals surface area (Å²) in [6.07, 6.45) is 3.80. The lowest BCUT2D eigenvalue weighted by Crippen LogP contribution is -2.19. The summed E-state index contributed by atoms with van der Waals surface area (Å²) >= 11 is 5.29. The maximum atomic E-state index is 3.52. The molecule has 0 fully saturated rings. The highest BCUT2D eigenvalue weighted by Crippen LogP contribution is 2.30. The van der Waals surface area contributed by atoms with E-state index < -0.39 is 0 Å². The molecule has 0 aliphatic heterocycles. The molecule has 1 aromatic heterocycles. The van der Waals surface area contributed by atoms with Gasteiger partial charge in [-0.25, -0.2) is 0 Å². The zero-order chi connectivity index (χ0) is 11.3. The van der Waals surface area contributed by atoms with Crippen molar-refractivity contribution in [2.45, 2.75) is 39.2 Å². The van der Waals surface area contributed by atoms with Crippen molar-refractivity contribution in [2.24, 2.45) is 5.92 Å². The fraction of sp³-hybridized carbons (Fsp3) is 0.667. The largest absolute Gasteiger partial charge is 0.313 e. The Morgan fingerprint density at radius 2 is 2.07 bits per heavy atom. The molecule has 0 aliphatic rings. The monoisotopic (exact) mass is 289 g/mol. The van der Waals surface area contributed by atoms with Crippen molar-refractivity contribution in [3.63, 3.8) is 0 Å². The molecule has 0 aromatic carbocycles. The predicted molar refractivity (Wildman–Crippen MR) is 72.5 cm³/mol. The van der Waals surface area contributed by atoms with Crippen molar-refractivity contribution in [3.8, 4) is 0 Å². The Balaban J connectivity index is 2.63. The highest BCUT2D eigenvalue weighted by molar-refractivity contribution is 9.11. The van der Waals surface area contributed by atoms with E-state index in [4.69, 9.17) is 0 Å². The van der Waals surface area contributed by atoms with Crippen LogP contribution in [0.4, 0.5) is 0 Å². The molecule has 0 amide bonds. The Hall–Kier alpha value is 0.140. The minimum atomic E-state index is 0.512. The Morgan fingerprint density at radius 3 is 2.47 bits per heavy atom. The molecule has 0 saturated carbocycles. The standard InChI is InChI=1S/C12H20BrNS/c1-4-9(5-2)6-11(14-3)10-7-12(13)15-8-10/h7-9,11,14H,4-6H2,1-3H3. The van der Waals surface area contributed by atoms with Gasteiger partial charge in [0.2, 0.25) is 0 Å². The second-order valence-corrected chi connectivity index (χ2v) is 6.23. The molecule has 0 bridgehead atoms. The molecular formula is C12H20BrNS. The molecule has 1 atom stereocenters. The zero-order valence-corrected chi connectivity index (χ0v) is 12.1. The third kappa shape index (κ3) is 3.89. The first-order valence-corrected chi connectivity index (χ1v) is 7.29. The summed E-state index contributed by atoms with van der Waals surface area (Å²) in [5.74, 6) is 0.834. The summed E-state index contributed by atoms with van der Waals surface area (Å²) in [5, 5.41) is 5.66. The molecule has 3 heteroatoms. The van der Waals surface area contributed by atoms with Gasteiger partial charge in [0.15, 0.2) is 0 Å². The molecule has 0 spiro atoms. The topological polar surface area (TPSA) is 12.0 Å². The van der Waals surface area contributed by atoms with Crippen LogP contribution in [0.3, 0.4) is 0 Å². The third-order valence-electron chi connectivity index (χ3n) is 3.06. The summed E-state index contributed by atoms with van der Waals surface area (Å²) < 4.78 is 1.22. The van der Waals surface area contributed by atoms with Crippen LogP contribution in [0, 0.1) is 5.92 Å². The molecular weight excluding hydrogens is 270 g/mol. The zero-order valence-electron chi connectivity index (χ0n) is 9.72. The second kappa shape index (κ2) is 6.66. The Bertz CT molecular complexity index is 281. The highest BCUT2D eigenvalue weighted by atomic mass is 79.9. The van der Waals surface area contributed by atoms with Crippen LogP contribution in [0.5, 0.6) is 0 Å². The average Bonchev–Trinajstić information content (AvgIpc) is 2.67. The highest BCUT2D eigenvalue weighted by Gasteiger charge is 2.15. The third-order valence-corrected chi connectivity index (χ3v) is 4.58. The number of hydrogen-bond acceptors (Lipinski definition) is 2. The van der Waals surface area contributed by atoms with Crippen LogP contribution >= 0.6 is 27.3 Å². The van der Waals surface area contributed by atoms with Gasteiger partial charge in [-0.05, 0) is 52.3 Å². The van der Waals surface area contributed by atoms with E-state index in [9.17, 15) is 0 Å². The maximum Gasteiger partial charge on any atom is 0.0701 e. The first-order valence-electron chi connectivity index (χ1n) is 5.62. The number of hydrogen-bond donors (Lipinski definition) is 1. The van der Waals surface area contributed by atoms with Crippen LogP contribution in [0.1, 0.15) is 44.7 Å². The fourth-order valence-corrected chi connectivity index (χ4v) is 3.11.